The maximum absolute atomic E-state index is 12.5. The Balaban J connectivity index is 1.74. The Bertz CT molecular complexity index is 495. The van der Waals surface area contributed by atoms with Crippen molar-refractivity contribution in [2.75, 3.05) is 26.2 Å². The van der Waals surface area contributed by atoms with E-state index in [9.17, 15) is 14.4 Å². The van der Waals surface area contributed by atoms with Gasteiger partial charge in [0, 0.05) is 25.2 Å². The number of amides is 3. The summed E-state index contributed by atoms with van der Waals surface area (Å²) in [6, 6.07) is -0.598. The van der Waals surface area contributed by atoms with E-state index in [0.29, 0.717) is 6.54 Å². The molecule has 2 saturated heterocycles. The molecule has 2 heterocycles. The molecule has 0 aromatic rings. The fraction of sp³-hybridized carbons (Fsp3) is 0.842. The molecule has 0 spiro atoms. The van der Waals surface area contributed by atoms with Crippen LogP contribution in [0.15, 0.2) is 0 Å². The van der Waals surface area contributed by atoms with Gasteiger partial charge in [0.1, 0.15) is 6.04 Å². The van der Waals surface area contributed by atoms with E-state index in [1.807, 2.05) is 13.8 Å². The first kappa shape index (κ1) is 20.7. The largest absolute Gasteiger partial charge is 0.353 e. The molecule has 2 N–H and O–H groups in total. The molecule has 3 amide bonds. The van der Waals surface area contributed by atoms with Gasteiger partial charge >= 0.3 is 11.8 Å². The molecule has 7 heteroatoms. The molecule has 0 bridgehead atoms. The van der Waals surface area contributed by atoms with Crippen LogP contribution in [0.25, 0.3) is 0 Å². The molecule has 26 heavy (non-hydrogen) atoms. The van der Waals surface area contributed by atoms with Crippen molar-refractivity contribution in [1.29, 1.82) is 0 Å². The van der Waals surface area contributed by atoms with Gasteiger partial charge in [-0.15, -0.1) is 0 Å². The topological polar surface area (TPSA) is 81.8 Å². The molecule has 2 rings (SSSR count). The Kier molecular flexibility index (Phi) is 7.87. The van der Waals surface area contributed by atoms with Gasteiger partial charge in [-0.2, -0.15) is 0 Å². The summed E-state index contributed by atoms with van der Waals surface area (Å²) < 4.78 is 0. The minimum atomic E-state index is -0.719. The quantitative estimate of drug-likeness (QED) is 0.708. The third kappa shape index (κ3) is 5.69. The summed E-state index contributed by atoms with van der Waals surface area (Å²) in [6.07, 6.45) is 6.62. The number of hydrogen-bond acceptors (Lipinski definition) is 4. The summed E-state index contributed by atoms with van der Waals surface area (Å²) in [6.45, 7) is 9.12. The van der Waals surface area contributed by atoms with Crippen LogP contribution in [-0.4, -0.2) is 71.8 Å². The van der Waals surface area contributed by atoms with Gasteiger partial charge < -0.3 is 20.4 Å². The van der Waals surface area contributed by atoms with E-state index in [0.717, 1.165) is 38.9 Å². The van der Waals surface area contributed by atoms with Crippen molar-refractivity contribution < 1.29 is 14.4 Å². The fourth-order valence-electron chi connectivity index (χ4n) is 3.94. The monoisotopic (exact) mass is 366 g/mol. The number of nitrogens with one attached hydrogen (secondary N) is 2. The predicted molar refractivity (Wildman–Crippen MR) is 101 cm³/mol. The van der Waals surface area contributed by atoms with Gasteiger partial charge in [-0.05, 0) is 66.0 Å². The maximum atomic E-state index is 12.5. The Labute approximate surface area is 156 Å². The summed E-state index contributed by atoms with van der Waals surface area (Å²) in [5.41, 5.74) is 0. The lowest BCUT2D eigenvalue weighted by atomic mass is 9.97. The van der Waals surface area contributed by atoms with E-state index in [1.165, 1.54) is 19.3 Å². The molecule has 0 aromatic heterocycles. The number of carbonyl (C=O) groups is 3. The first-order valence-corrected chi connectivity index (χ1v) is 10.0. The molecule has 7 nitrogen and oxygen atoms in total. The van der Waals surface area contributed by atoms with Crippen LogP contribution >= 0.6 is 0 Å². The fourth-order valence-corrected chi connectivity index (χ4v) is 3.94. The average Bonchev–Trinajstić information content (AvgIpc) is 2.62. The van der Waals surface area contributed by atoms with E-state index in [4.69, 9.17) is 0 Å². The molecule has 2 aliphatic heterocycles. The molecular formula is C19H34N4O3. The van der Waals surface area contributed by atoms with Gasteiger partial charge in [-0.3, -0.25) is 14.4 Å². The minimum absolute atomic E-state index is 0.0608. The highest BCUT2D eigenvalue weighted by atomic mass is 16.2. The highest BCUT2D eigenvalue weighted by molar-refractivity contribution is 6.35. The number of hydrogen-bond donors (Lipinski definition) is 2. The molecule has 0 radical (unpaired) electrons. The Hall–Kier alpha value is -1.63. The molecule has 0 aliphatic carbocycles. The number of piperidine rings is 2. The second kappa shape index (κ2) is 9.90. The van der Waals surface area contributed by atoms with Crippen molar-refractivity contribution in [3.63, 3.8) is 0 Å². The zero-order valence-electron chi connectivity index (χ0n) is 16.4. The molecule has 0 saturated carbocycles. The standard InChI is InChI=1S/C19H34N4O3/c1-14-8-7-9-15(2)23(14)19(26)18(25)21-16(3)17(24)20-10-13-22-11-5-4-6-12-22/h14-16H,4-13H2,1-3H3,(H,20,24)(H,21,25)/t14?,15?,16-/m1/s1. The van der Waals surface area contributed by atoms with Crippen molar-refractivity contribution in [1.82, 2.24) is 20.4 Å². The van der Waals surface area contributed by atoms with Gasteiger partial charge in [0.15, 0.2) is 0 Å². The predicted octanol–water partition coefficient (Wildman–Crippen LogP) is 0.883. The first-order chi connectivity index (χ1) is 12.4. The van der Waals surface area contributed by atoms with E-state index < -0.39 is 17.9 Å². The molecular weight excluding hydrogens is 332 g/mol. The van der Waals surface area contributed by atoms with Crippen molar-refractivity contribution in [2.45, 2.75) is 77.4 Å². The van der Waals surface area contributed by atoms with Gasteiger partial charge in [0.2, 0.25) is 5.91 Å². The SMILES string of the molecule is CC1CCCC(C)N1C(=O)C(=O)N[C@H](C)C(=O)NCCN1CCCCC1. The third-order valence-corrected chi connectivity index (χ3v) is 5.54. The number of likely N-dealkylation sites (tertiary alicyclic amines) is 2. The lowest BCUT2D eigenvalue weighted by Gasteiger charge is -2.38. The summed E-state index contributed by atoms with van der Waals surface area (Å²) in [7, 11) is 0. The van der Waals surface area contributed by atoms with Crippen molar-refractivity contribution in [3.05, 3.63) is 0 Å². The van der Waals surface area contributed by atoms with Gasteiger partial charge in [0.25, 0.3) is 0 Å². The Morgan fingerprint density at radius 3 is 2.23 bits per heavy atom. The first-order valence-electron chi connectivity index (χ1n) is 10.0. The molecule has 2 aliphatic rings. The molecule has 3 atom stereocenters. The Morgan fingerprint density at radius 2 is 1.62 bits per heavy atom. The summed E-state index contributed by atoms with van der Waals surface area (Å²) in [5.74, 6) is -1.47. The van der Waals surface area contributed by atoms with Gasteiger partial charge in [0.05, 0.1) is 0 Å². The van der Waals surface area contributed by atoms with E-state index in [1.54, 1.807) is 11.8 Å². The van der Waals surface area contributed by atoms with Crippen molar-refractivity contribution >= 4 is 17.7 Å². The zero-order valence-corrected chi connectivity index (χ0v) is 16.4. The third-order valence-electron chi connectivity index (χ3n) is 5.54. The van der Waals surface area contributed by atoms with E-state index in [2.05, 4.69) is 15.5 Å². The number of nitrogens with zero attached hydrogens (tertiary/aromatic N) is 2. The molecule has 0 aromatic carbocycles. The molecule has 2 fully saturated rings. The van der Waals surface area contributed by atoms with Gasteiger partial charge in [-0.25, -0.2) is 0 Å². The highest BCUT2D eigenvalue weighted by Crippen LogP contribution is 2.22. The summed E-state index contributed by atoms with van der Waals surface area (Å²) >= 11 is 0. The van der Waals surface area contributed by atoms with E-state index in [-0.39, 0.29) is 18.0 Å². The lowest BCUT2D eigenvalue weighted by Crippen LogP contribution is -2.55. The van der Waals surface area contributed by atoms with Gasteiger partial charge in [-0.1, -0.05) is 6.42 Å². The van der Waals surface area contributed by atoms with Crippen LogP contribution in [0.4, 0.5) is 0 Å². The van der Waals surface area contributed by atoms with Crippen LogP contribution in [0, 0.1) is 0 Å². The van der Waals surface area contributed by atoms with Crippen LogP contribution < -0.4 is 10.6 Å². The second-order valence-corrected chi connectivity index (χ2v) is 7.73. The highest BCUT2D eigenvalue weighted by Gasteiger charge is 2.33. The Morgan fingerprint density at radius 1 is 1.00 bits per heavy atom. The molecule has 148 valence electrons. The zero-order chi connectivity index (χ0) is 19.1. The summed E-state index contributed by atoms with van der Waals surface area (Å²) in [4.78, 5) is 40.9. The van der Waals surface area contributed by atoms with Crippen LogP contribution in [-0.2, 0) is 14.4 Å². The van der Waals surface area contributed by atoms with E-state index >= 15 is 0 Å². The van der Waals surface area contributed by atoms with Crippen molar-refractivity contribution in [3.8, 4) is 0 Å². The normalized spacial score (nSPS) is 25.4. The van der Waals surface area contributed by atoms with Crippen molar-refractivity contribution in [2.24, 2.45) is 0 Å². The maximum Gasteiger partial charge on any atom is 0.312 e. The average molecular weight is 367 g/mol. The molecule has 2 unspecified atom stereocenters. The smallest absolute Gasteiger partial charge is 0.312 e. The van der Waals surface area contributed by atoms with Crippen LogP contribution in [0.5, 0.6) is 0 Å². The lowest BCUT2D eigenvalue weighted by molar-refractivity contribution is -0.150. The van der Waals surface area contributed by atoms with Crippen LogP contribution in [0.3, 0.4) is 0 Å². The number of rotatable bonds is 5. The van der Waals surface area contributed by atoms with Crippen LogP contribution in [0.1, 0.15) is 59.3 Å². The minimum Gasteiger partial charge on any atom is -0.353 e. The van der Waals surface area contributed by atoms with Crippen LogP contribution in [0.2, 0.25) is 0 Å². The second-order valence-electron chi connectivity index (χ2n) is 7.73. The summed E-state index contributed by atoms with van der Waals surface area (Å²) in [5, 5.41) is 5.40. The number of carbonyl (C=O) groups excluding carboxylic acids is 3.